The lowest BCUT2D eigenvalue weighted by molar-refractivity contribution is -0.117. The first-order valence-corrected chi connectivity index (χ1v) is 9.00. The molecule has 1 aromatic carbocycles. The summed E-state index contributed by atoms with van der Waals surface area (Å²) in [5, 5.41) is 3.41. The van der Waals surface area contributed by atoms with Crippen molar-refractivity contribution in [1.82, 2.24) is 14.8 Å². The lowest BCUT2D eigenvalue weighted by Crippen LogP contribution is -2.38. The summed E-state index contributed by atoms with van der Waals surface area (Å²) in [6, 6.07) is 12.3. The zero-order chi connectivity index (χ0) is 18.5. The molecule has 1 N–H and O–H groups in total. The number of nitrogens with one attached hydrogen (secondary N) is 1. The molecule has 0 bridgehead atoms. The van der Waals surface area contributed by atoms with Crippen LogP contribution in [0.3, 0.4) is 0 Å². The van der Waals surface area contributed by atoms with Gasteiger partial charge in [0.05, 0.1) is 6.54 Å². The highest BCUT2D eigenvalue weighted by atomic mass is 127. The molecule has 2 aromatic rings. The van der Waals surface area contributed by atoms with Crippen LogP contribution < -0.4 is 10.2 Å². The molecule has 1 amide bonds. The molecule has 2 heterocycles. The molecule has 1 aliphatic rings. The van der Waals surface area contributed by atoms with Gasteiger partial charge >= 0.3 is 0 Å². The van der Waals surface area contributed by atoms with Crippen LogP contribution in [0.5, 0.6) is 0 Å². The van der Waals surface area contributed by atoms with Crippen LogP contribution in [0.25, 0.3) is 0 Å². The number of hydrogen-bond donors (Lipinski definition) is 1. The van der Waals surface area contributed by atoms with Crippen molar-refractivity contribution >= 4 is 41.5 Å². The number of guanidine groups is 1. The van der Waals surface area contributed by atoms with Gasteiger partial charge in [-0.25, -0.2) is 0 Å². The maximum atomic E-state index is 11.9. The highest BCUT2D eigenvalue weighted by Crippen LogP contribution is 2.22. The topological polar surface area (TPSA) is 52.9 Å². The summed E-state index contributed by atoms with van der Waals surface area (Å²) in [6.07, 6.45) is 3.64. The van der Waals surface area contributed by atoms with Gasteiger partial charge in [-0.1, -0.05) is 12.1 Å². The van der Waals surface area contributed by atoms with Gasteiger partial charge in [-0.05, 0) is 36.2 Å². The molecule has 0 unspecified atom stereocenters. The van der Waals surface area contributed by atoms with Crippen molar-refractivity contribution in [2.75, 3.05) is 25.5 Å². The van der Waals surface area contributed by atoms with Gasteiger partial charge in [0.1, 0.15) is 0 Å². The van der Waals surface area contributed by atoms with Crippen molar-refractivity contribution in [2.24, 2.45) is 12.0 Å². The predicted molar refractivity (Wildman–Crippen MR) is 121 cm³/mol. The van der Waals surface area contributed by atoms with Crippen LogP contribution in [0.1, 0.15) is 24.1 Å². The van der Waals surface area contributed by atoms with Gasteiger partial charge < -0.3 is 19.7 Å². The molecule has 6 nitrogen and oxygen atoms in total. The Morgan fingerprint density at radius 1 is 1.30 bits per heavy atom. The number of halogens is 1. The van der Waals surface area contributed by atoms with Crippen LogP contribution in [0.15, 0.2) is 47.6 Å². The first-order valence-electron chi connectivity index (χ1n) is 9.00. The van der Waals surface area contributed by atoms with E-state index in [0.29, 0.717) is 13.0 Å². The molecule has 7 heteroatoms. The molecule has 27 heavy (non-hydrogen) atoms. The molecule has 0 spiro atoms. The average molecular weight is 481 g/mol. The highest BCUT2D eigenvalue weighted by Gasteiger charge is 2.21. The van der Waals surface area contributed by atoms with E-state index in [2.05, 4.69) is 38.0 Å². The van der Waals surface area contributed by atoms with Crippen molar-refractivity contribution in [3.8, 4) is 0 Å². The second kappa shape index (κ2) is 9.77. The Morgan fingerprint density at radius 3 is 2.74 bits per heavy atom. The maximum absolute atomic E-state index is 11.9. The molecule has 1 saturated heterocycles. The van der Waals surface area contributed by atoms with Crippen LogP contribution in [-0.4, -0.2) is 42.0 Å². The van der Waals surface area contributed by atoms with Crippen LogP contribution in [0.2, 0.25) is 0 Å². The first kappa shape index (κ1) is 21.3. The minimum atomic E-state index is 0. The van der Waals surface area contributed by atoms with Gasteiger partial charge in [0.2, 0.25) is 5.91 Å². The number of aryl methyl sites for hydroxylation is 1. The fourth-order valence-electron chi connectivity index (χ4n) is 3.30. The summed E-state index contributed by atoms with van der Waals surface area (Å²) in [5.74, 6) is 1.06. The van der Waals surface area contributed by atoms with Crippen LogP contribution >= 0.6 is 24.0 Å². The molecule has 1 aromatic heterocycles. The zero-order valence-corrected chi connectivity index (χ0v) is 18.5. The lowest BCUT2D eigenvalue weighted by atomic mass is 10.2. The largest absolute Gasteiger partial charge is 0.353 e. The number of amides is 1. The van der Waals surface area contributed by atoms with E-state index >= 15 is 0 Å². The van der Waals surface area contributed by atoms with Crippen LogP contribution in [-0.2, 0) is 24.9 Å². The lowest BCUT2D eigenvalue weighted by Gasteiger charge is -2.23. The number of carbonyl (C=O) groups excluding carboxylic acids is 1. The molecule has 0 atom stereocenters. The Bertz CT molecular complexity index is 801. The number of carbonyl (C=O) groups is 1. The van der Waals surface area contributed by atoms with Gasteiger partial charge in [0.25, 0.3) is 0 Å². The molecule has 0 aliphatic carbocycles. The van der Waals surface area contributed by atoms with Gasteiger partial charge in [0, 0.05) is 58.2 Å². The van der Waals surface area contributed by atoms with Gasteiger partial charge in [0.15, 0.2) is 5.96 Å². The van der Waals surface area contributed by atoms with Crippen molar-refractivity contribution in [1.29, 1.82) is 0 Å². The number of nitrogens with zero attached hydrogens (tertiary/aromatic N) is 4. The number of benzene rings is 1. The summed E-state index contributed by atoms with van der Waals surface area (Å²) >= 11 is 0. The third-order valence-corrected chi connectivity index (χ3v) is 4.77. The van der Waals surface area contributed by atoms with Crippen molar-refractivity contribution in [2.45, 2.75) is 25.9 Å². The minimum absolute atomic E-state index is 0. The second-order valence-electron chi connectivity index (χ2n) is 6.69. The monoisotopic (exact) mass is 481 g/mol. The maximum Gasteiger partial charge on any atom is 0.227 e. The Balaban J connectivity index is 0.00000261. The van der Waals surface area contributed by atoms with E-state index in [1.807, 2.05) is 43.4 Å². The molecule has 1 fully saturated rings. The molecular weight excluding hydrogens is 453 g/mol. The Kier molecular flexibility index (Phi) is 7.70. The van der Waals surface area contributed by atoms with E-state index in [9.17, 15) is 4.79 Å². The second-order valence-corrected chi connectivity index (χ2v) is 6.69. The van der Waals surface area contributed by atoms with Crippen LogP contribution in [0, 0.1) is 0 Å². The van der Waals surface area contributed by atoms with Gasteiger partial charge in [-0.2, -0.15) is 0 Å². The first-order chi connectivity index (χ1) is 12.6. The van der Waals surface area contributed by atoms with Crippen LogP contribution in [0.4, 0.5) is 5.69 Å². The fourth-order valence-corrected chi connectivity index (χ4v) is 3.30. The summed E-state index contributed by atoms with van der Waals surface area (Å²) in [4.78, 5) is 20.3. The van der Waals surface area contributed by atoms with Crippen molar-refractivity contribution in [3.05, 3.63) is 53.9 Å². The molecule has 0 saturated carbocycles. The summed E-state index contributed by atoms with van der Waals surface area (Å²) in [5.41, 5.74) is 3.35. The Hall–Kier alpha value is -2.03. The van der Waals surface area contributed by atoms with E-state index in [1.54, 1.807) is 7.05 Å². The fraction of sp³-hybridized carbons (Fsp3) is 0.400. The Labute approximate surface area is 178 Å². The highest BCUT2D eigenvalue weighted by molar-refractivity contribution is 14.0. The van der Waals surface area contributed by atoms with Gasteiger partial charge in [-0.15, -0.1) is 24.0 Å². The summed E-state index contributed by atoms with van der Waals surface area (Å²) in [7, 11) is 5.87. The normalized spacial score (nSPS) is 14.3. The number of rotatable bonds is 5. The quantitative estimate of drug-likeness (QED) is 0.406. The molecule has 146 valence electrons. The SMILES string of the molecule is CN=C(NCc1cccc(N2CCCC2=O)c1)N(C)Cc1cccn1C.I. The Morgan fingerprint density at radius 2 is 2.11 bits per heavy atom. The number of hydrogen-bond acceptors (Lipinski definition) is 2. The van der Waals surface area contributed by atoms with Gasteiger partial charge in [-0.3, -0.25) is 9.79 Å². The number of aromatic nitrogens is 1. The van der Waals surface area contributed by atoms with E-state index in [0.717, 1.165) is 36.7 Å². The average Bonchev–Trinajstić information content (AvgIpc) is 3.24. The molecule has 3 rings (SSSR count). The minimum Gasteiger partial charge on any atom is -0.353 e. The number of anilines is 1. The van der Waals surface area contributed by atoms with Crippen molar-refractivity contribution < 1.29 is 4.79 Å². The third kappa shape index (κ3) is 5.24. The predicted octanol–water partition coefficient (Wildman–Crippen LogP) is 2.98. The summed E-state index contributed by atoms with van der Waals surface area (Å²) in [6.45, 7) is 2.27. The van der Waals surface area contributed by atoms with E-state index in [-0.39, 0.29) is 29.9 Å². The summed E-state index contributed by atoms with van der Waals surface area (Å²) < 4.78 is 2.11. The standard InChI is InChI=1S/C20H27N5O.HI/c1-21-20(24(3)15-18-9-5-11-23(18)2)22-14-16-7-4-8-17(13-16)25-12-6-10-19(25)26;/h4-5,7-9,11,13H,6,10,12,14-15H2,1-3H3,(H,21,22);1H. The molecule has 1 aliphatic heterocycles. The number of aliphatic imine (C=N–C) groups is 1. The molecule has 0 radical (unpaired) electrons. The van der Waals surface area contributed by atoms with E-state index < -0.39 is 0 Å². The van der Waals surface area contributed by atoms with Crippen molar-refractivity contribution in [3.63, 3.8) is 0 Å². The van der Waals surface area contributed by atoms with E-state index in [4.69, 9.17) is 0 Å². The van der Waals surface area contributed by atoms with E-state index in [1.165, 1.54) is 5.69 Å². The zero-order valence-electron chi connectivity index (χ0n) is 16.2. The smallest absolute Gasteiger partial charge is 0.227 e. The molecular formula is C20H28IN5O. The third-order valence-electron chi connectivity index (χ3n) is 4.77.